The molecule has 0 aliphatic heterocycles. The number of nitrogens with zero attached hydrogens (tertiary/aromatic N) is 2. The van der Waals surface area contributed by atoms with Gasteiger partial charge in [-0.25, -0.2) is 9.97 Å². The molecule has 0 fully saturated rings. The summed E-state index contributed by atoms with van der Waals surface area (Å²) in [6.45, 7) is 0. The third-order valence-electron chi connectivity index (χ3n) is 1.78. The zero-order valence-electron chi connectivity index (χ0n) is 7.29. The van der Waals surface area contributed by atoms with Gasteiger partial charge in [0.1, 0.15) is 3.70 Å². The first-order valence-corrected chi connectivity index (χ1v) is 5.15. The van der Waals surface area contributed by atoms with E-state index in [1.54, 1.807) is 12.5 Å². The Bertz CT molecular complexity index is 419. The lowest BCUT2D eigenvalue weighted by atomic mass is 10.2. The van der Waals surface area contributed by atoms with Crippen LogP contribution >= 0.6 is 22.6 Å². The number of nitrogen functional groups attached to an aromatic ring is 1. The fraction of sp³-hybridized carbons (Fsp3) is 0.125. The molecule has 0 aromatic carbocycles. The van der Waals surface area contributed by atoms with Crippen LogP contribution in [-0.2, 0) is 6.42 Å². The zero-order chi connectivity index (χ0) is 9.97. The van der Waals surface area contributed by atoms with Crippen molar-refractivity contribution in [3.8, 4) is 0 Å². The summed E-state index contributed by atoms with van der Waals surface area (Å²) in [5, 5.41) is 0. The molecule has 6 heteroatoms. The van der Waals surface area contributed by atoms with Crippen molar-refractivity contribution in [3.05, 3.63) is 34.0 Å². The van der Waals surface area contributed by atoms with Crippen LogP contribution in [0.5, 0.6) is 0 Å². The van der Waals surface area contributed by atoms with Gasteiger partial charge in [0.25, 0.3) is 0 Å². The van der Waals surface area contributed by atoms with Crippen molar-refractivity contribution in [2.24, 2.45) is 0 Å². The molecular weight excluding hydrogens is 293 g/mol. The van der Waals surface area contributed by atoms with Crippen molar-refractivity contribution in [1.29, 1.82) is 0 Å². The minimum atomic E-state index is 0.449. The van der Waals surface area contributed by atoms with Crippen LogP contribution < -0.4 is 5.73 Å². The van der Waals surface area contributed by atoms with Crippen molar-refractivity contribution < 1.29 is 0 Å². The van der Waals surface area contributed by atoms with Crippen molar-refractivity contribution in [3.63, 3.8) is 0 Å². The average Bonchev–Trinajstić information content (AvgIpc) is 2.72. The van der Waals surface area contributed by atoms with E-state index in [2.05, 4.69) is 42.5 Å². The lowest BCUT2D eigenvalue weighted by molar-refractivity contribution is 1.06. The summed E-state index contributed by atoms with van der Waals surface area (Å²) in [6, 6.07) is 0. The molecule has 2 heterocycles. The molecule has 0 spiro atoms. The topological polar surface area (TPSA) is 83.4 Å². The minimum Gasteiger partial charge on any atom is -0.369 e. The van der Waals surface area contributed by atoms with Crippen LogP contribution in [0.15, 0.2) is 12.5 Å². The van der Waals surface area contributed by atoms with Crippen LogP contribution in [0.3, 0.4) is 0 Å². The lowest BCUT2D eigenvalue weighted by Gasteiger charge is -1.93. The number of hydrogen-bond acceptors (Lipinski definition) is 3. The molecule has 0 saturated heterocycles. The number of nitrogens with one attached hydrogen (secondary N) is 2. The van der Waals surface area contributed by atoms with E-state index in [4.69, 9.17) is 5.73 Å². The van der Waals surface area contributed by atoms with Gasteiger partial charge in [-0.05, 0) is 22.6 Å². The van der Waals surface area contributed by atoms with Gasteiger partial charge in [0.05, 0.1) is 17.7 Å². The fourth-order valence-corrected chi connectivity index (χ4v) is 1.61. The lowest BCUT2D eigenvalue weighted by Crippen LogP contribution is -1.92. The van der Waals surface area contributed by atoms with Crippen molar-refractivity contribution in [2.45, 2.75) is 6.42 Å². The van der Waals surface area contributed by atoms with E-state index in [-0.39, 0.29) is 0 Å². The number of anilines is 1. The summed E-state index contributed by atoms with van der Waals surface area (Å²) in [7, 11) is 0. The predicted octanol–water partition coefficient (Wildman–Crippen LogP) is 1.11. The molecule has 0 unspecified atom stereocenters. The summed E-state index contributed by atoms with van der Waals surface area (Å²) in [6.07, 6.45) is 6.21. The summed E-state index contributed by atoms with van der Waals surface area (Å²) >= 11 is 2.20. The highest BCUT2D eigenvalue weighted by atomic mass is 127. The Kier molecular flexibility index (Phi) is 2.71. The molecule has 14 heavy (non-hydrogen) atoms. The largest absolute Gasteiger partial charge is 0.369 e. The van der Waals surface area contributed by atoms with Gasteiger partial charge in [-0.1, -0.05) is 0 Å². The Labute approximate surface area is 94.7 Å². The van der Waals surface area contributed by atoms with Gasteiger partial charge in [0, 0.05) is 19.0 Å². The van der Waals surface area contributed by atoms with Crippen molar-refractivity contribution in [2.75, 3.05) is 5.73 Å². The first-order chi connectivity index (χ1) is 6.75. The van der Waals surface area contributed by atoms with E-state index >= 15 is 0 Å². The van der Waals surface area contributed by atoms with Gasteiger partial charge < -0.3 is 15.7 Å². The maximum Gasteiger partial charge on any atom is 0.197 e. The Morgan fingerprint density at radius 3 is 2.93 bits per heavy atom. The fourth-order valence-electron chi connectivity index (χ4n) is 1.11. The number of rotatable bonds is 3. The number of H-pyrrole nitrogens is 2. The third-order valence-corrected chi connectivity index (χ3v) is 2.64. The van der Waals surface area contributed by atoms with Crippen molar-refractivity contribution >= 4 is 28.5 Å². The molecule has 73 valence electrons. The van der Waals surface area contributed by atoms with Crippen LogP contribution in [0.4, 0.5) is 5.95 Å². The van der Waals surface area contributed by atoms with E-state index < -0.39 is 0 Å². The highest BCUT2D eigenvalue weighted by molar-refractivity contribution is 14.1. The Morgan fingerprint density at radius 1 is 1.50 bits per heavy atom. The zero-order valence-corrected chi connectivity index (χ0v) is 9.45. The predicted molar refractivity (Wildman–Crippen MR) is 61.4 cm³/mol. The van der Waals surface area contributed by atoms with E-state index in [1.165, 1.54) is 0 Å². The molecule has 0 aliphatic rings. The summed E-state index contributed by atoms with van der Waals surface area (Å²) in [4.78, 5) is 14.1. The molecule has 0 aliphatic carbocycles. The van der Waals surface area contributed by atoms with Gasteiger partial charge in [0.15, 0.2) is 5.95 Å². The average molecular weight is 302 g/mol. The Morgan fingerprint density at radius 2 is 2.36 bits per heavy atom. The van der Waals surface area contributed by atoms with Crippen LogP contribution in [0.25, 0.3) is 0 Å². The first kappa shape index (κ1) is 9.50. The molecule has 4 N–H and O–H groups in total. The second kappa shape index (κ2) is 3.99. The standard InChI is InChI=1S/C8H9IN5/c9-7-6(12-4-13-7)2-1-5-3-11-8(10)14-5/h2-4H,1H2,(H,12,13)(H3,10,11,14). The summed E-state index contributed by atoms with van der Waals surface area (Å²) in [5.74, 6) is 0.449. The molecule has 2 aromatic rings. The minimum absolute atomic E-state index is 0.449. The third kappa shape index (κ3) is 2.06. The molecule has 5 nitrogen and oxygen atoms in total. The van der Waals surface area contributed by atoms with E-state index in [1.807, 2.05) is 6.42 Å². The maximum absolute atomic E-state index is 5.45. The summed E-state index contributed by atoms with van der Waals surface area (Å²) < 4.78 is 1.03. The summed E-state index contributed by atoms with van der Waals surface area (Å²) in [5.41, 5.74) is 7.32. The molecule has 1 radical (unpaired) electrons. The Balaban J connectivity index is 1.98. The van der Waals surface area contributed by atoms with E-state index in [0.29, 0.717) is 5.95 Å². The number of hydrogen-bond donors (Lipinski definition) is 3. The highest BCUT2D eigenvalue weighted by Crippen LogP contribution is 2.11. The monoisotopic (exact) mass is 302 g/mol. The van der Waals surface area contributed by atoms with Gasteiger partial charge in [-0.3, -0.25) is 0 Å². The molecule has 2 rings (SSSR count). The Hall–Kier alpha value is -1.05. The normalized spacial score (nSPS) is 10.6. The van der Waals surface area contributed by atoms with Gasteiger partial charge in [-0.2, -0.15) is 0 Å². The number of aromatic nitrogens is 4. The number of nitrogens with two attached hydrogens (primary N) is 1. The molecule has 2 aromatic heterocycles. The molecule has 0 atom stereocenters. The molecule has 0 amide bonds. The second-order valence-corrected chi connectivity index (χ2v) is 3.87. The van der Waals surface area contributed by atoms with E-state index in [9.17, 15) is 0 Å². The highest BCUT2D eigenvalue weighted by Gasteiger charge is 2.04. The van der Waals surface area contributed by atoms with E-state index in [0.717, 1.165) is 21.5 Å². The van der Waals surface area contributed by atoms with Gasteiger partial charge in [0.2, 0.25) is 0 Å². The van der Waals surface area contributed by atoms with Crippen molar-refractivity contribution in [1.82, 2.24) is 19.9 Å². The second-order valence-electron chi connectivity index (χ2n) is 2.79. The number of imidazole rings is 2. The molecule has 0 bridgehead atoms. The van der Waals surface area contributed by atoms with Crippen LogP contribution in [-0.4, -0.2) is 19.9 Å². The van der Waals surface area contributed by atoms with Crippen LogP contribution in [0.2, 0.25) is 0 Å². The van der Waals surface area contributed by atoms with Crippen LogP contribution in [0.1, 0.15) is 11.4 Å². The van der Waals surface area contributed by atoms with Gasteiger partial charge >= 0.3 is 0 Å². The molecule has 0 saturated carbocycles. The van der Waals surface area contributed by atoms with Gasteiger partial charge in [-0.15, -0.1) is 0 Å². The van der Waals surface area contributed by atoms with Crippen LogP contribution in [0, 0.1) is 10.1 Å². The number of aromatic amines is 2. The molecular formula is C8H9IN5. The SMILES string of the molecule is Nc1nc(C[CH]c2nc[nH]c2I)c[nH]1. The quantitative estimate of drug-likeness (QED) is 0.743. The number of halogens is 1. The first-order valence-electron chi connectivity index (χ1n) is 4.07. The smallest absolute Gasteiger partial charge is 0.197 e. The maximum atomic E-state index is 5.45.